The van der Waals surface area contributed by atoms with Gasteiger partial charge < -0.3 is 25.2 Å². The summed E-state index contributed by atoms with van der Waals surface area (Å²) in [7, 11) is 0. The number of aromatic nitrogens is 1. The molecule has 2 heterocycles. The number of carbonyl (C=O) groups is 1. The molecule has 22 heavy (non-hydrogen) atoms. The number of hydrogen-bond acceptors (Lipinski definition) is 8. The quantitative estimate of drug-likeness (QED) is 0.627. The van der Waals surface area contributed by atoms with Crippen molar-refractivity contribution in [3.8, 4) is 0 Å². The number of benzene rings is 1. The Bertz CT molecular complexity index is 659. The number of aliphatic carboxylic acids is 1. The van der Waals surface area contributed by atoms with E-state index in [4.69, 9.17) is 9.84 Å². The van der Waals surface area contributed by atoms with E-state index in [9.17, 15) is 20.1 Å². The molecule has 9 heteroatoms. The van der Waals surface area contributed by atoms with Crippen LogP contribution in [-0.2, 0) is 9.53 Å². The maximum absolute atomic E-state index is 11.1. The van der Waals surface area contributed by atoms with Gasteiger partial charge >= 0.3 is 5.97 Å². The number of ether oxygens (including phenoxy) is 1. The number of para-hydroxylation sites is 1. The predicted molar refractivity (Wildman–Crippen MR) is 79.8 cm³/mol. The lowest BCUT2D eigenvalue weighted by molar-refractivity contribution is -0.209. The summed E-state index contributed by atoms with van der Waals surface area (Å²) < 4.78 is 6.74. The molecule has 1 aromatic carbocycles. The SMILES string of the molecule is O=C(O)[C@H]1OC(Sc2nc3ccccc3s2)[C@H](O)[C@@H](O)[C@@H]1O. The molecule has 0 radical (unpaired) electrons. The van der Waals surface area contributed by atoms with E-state index < -0.39 is 35.8 Å². The predicted octanol–water partition coefficient (Wildman–Crippen LogP) is 0.281. The Kier molecular flexibility index (Phi) is 4.35. The topological polar surface area (TPSA) is 120 Å². The van der Waals surface area contributed by atoms with E-state index in [2.05, 4.69) is 4.98 Å². The van der Waals surface area contributed by atoms with Gasteiger partial charge in [0.15, 0.2) is 10.4 Å². The summed E-state index contributed by atoms with van der Waals surface area (Å²) in [6.45, 7) is 0. The van der Waals surface area contributed by atoms with Crippen molar-refractivity contribution in [1.82, 2.24) is 4.98 Å². The number of aliphatic hydroxyl groups excluding tert-OH is 3. The molecule has 0 spiro atoms. The molecule has 3 rings (SSSR count). The van der Waals surface area contributed by atoms with E-state index in [-0.39, 0.29) is 0 Å². The van der Waals surface area contributed by atoms with Gasteiger partial charge in [0.25, 0.3) is 0 Å². The number of fused-ring (bicyclic) bond motifs is 1. The molecule has 7 nitrogen and oxygen atoms in total. The molecule has 118 valence electrons. The fourth-order valence-corrected chi connectivity index (χ4v) is 4.42. The van der Waals surface area contributed by atoms with Crippen LogP contribution in [0.4, 0.5) is 0 Å². The second kappa shape index (κ2) is 6.11. The van der Waals surface area contributed by atoms with Gasteiger partial charge in [-0.25, -0.2) is 9.78 Å². The molecule has 1 aliphatic heterocycles. The number of hydrogen-bond donors (Lipinski definition) is 4. The zero-order valence-electron chi connectivity index (χ0n) is 11.1. The molecule has 1 aliphatic rings. The van der Waals surface area contributed by atoms with E-state index in [1.807, 2.05) is 24.3 Å². The number of thioether (sulfide) groups is 1. The molecule has 5 atom stereocenters. The van der Waals surface area contributed by atoms with Gasteiger partial charge in [-0.05, 0) is 12.1 Å². The maximum Gasteiger partial charge on any atom is 0.335 e. The van der Waals surface area contributed by atoms with Crippen molar-refractivity contribution in [2.24, 2.45) is 0 Å². The van der Waals surface area contributed by atoms with Crippen LogP contribution in [0.15, 0.2) is 28.6 Å². The molecular formula is C13H13NO6S2. The number of aliphatic hydroxyl groups is 3. The monoisotopic (exact) mass is 343 g/mol. The molecule has 0 bridgehead atoms. The third kappa shape index (κ3) is 2.83. The zero-order chi connectivity index (χ0) is 15.9. The van der Waals surface area contributed by atoms with E-state index in [1.54, 1.807) is 0 Å². The average Bonchev–Trinajstić information content (AvgIpc) is 2.89. The Morgan fingerprint density at radius 3 is 2.59 bits per heavy atom. The molecule has 2 aromatic rings. The molecule has 0 saturated carbocycles. The molecular weight excluding hydrogens is 330 g/mol. The van der Waals surface area contributed by atoms with Crippen LogP contribution >= 0.6 is 23.1 Å². The van der Waals surface area contributed by atoms with Crippen LogP contribution in [0.25, 0.3) is 10.2 Å². The first kappa shape index (κ1) is 15.7. The summed E-state index contributed by atoms with van der Waals surface area (Å²) in [5, 5.41) is 38.4. The summed E-state index contributed by atoms with van der Waals surface area (Å²) in [6, 6.07) is 7.46. The third-order valence-electron chi connectivity index (χ3n) is 3.30. The first-order valence-electron chi connectivity index (χ1n) is 6.42. The third-order valence-corrected chi connectivity index (χ3v) is 5.59. The van der Waals surface area contributed by atoms with Crippen molar-refractivity contribution < 1.29 is 30.0 Å². The van der Waals surface area contributed by atoms with E-state index in [0.29, 0.717) is 4.34 Å². The van der Waals surface area contributed by atoms with E-state index in [1.165, 1.54) is 11.3 Å². The normalized spacial score (nSPS) is 32.2. The highest BCUT2D eigenvalue weighted by atomic mass is 32.2. The molecule has 1 saturated heterocycles. The fourth-order valence-electron chi connectivity index (χ4n) is 2.15. The van der Waals surface area contributed by atoms with Crippen molar-refractivity contribution in [2.45, 2.75) is 34.2 Å². The second-order valence-corrected chi connectivity index (χ2v) is 7.18. The molecule has 0 amide bonds. The second-order valence-electron chi connectivity index (χ2n) is 4.80. The highest BCUT2D eigenvalue weighted by molar-refractivity contribution is 8.01. The summed E-state index contributed by atoms with van der Waals surface area (Å²) in [4.78, 5) is 15.4. The fraction of sp³-hybridized carbons (Fsp3) is 0.385. The summed E-state index contributed by atoms with van der Waals surface area (Å²) >= 11 is 2.40. The van der Waals surface area contributed by atoms with E-state index >= 15 is 0 Å². The van der Waals surface area contributed by atoms with Gasteiger partial charge in [-0.1, -0.05) is 23.9 Å². The first-order valence-corrected chi connectivity index (χ1v) is 8.11. The molecule has 4 N–H and O–H groups in total. The lowest BCUT2D eigenvalue weighted by Crippen LogP contribution is -2.58. The Morgan fingerprint density at radius 1 is 1.18 bits per heavy atom. The molecule has 0 aliphatic carbocycles. The Morgan fingerprint density at radius 2 is 1.91 bits per heavy atom. The Balaban J connectivity index is 1.82. The van der Waals surface area contributed by atoms with Gasteiger partial charge in [0, 0.05) is 0 Å². The highest BCUT2D eigenvalue weighted by Crippen LogP contribution is 2.37. The van der Waals surface area contributed by atoms with Crippen molar-refractivity contribution in [1.29, 1.82) is 0 Å². The number of thiazole rings is 1. The van der Waals surface area contributed by atoms with Crippen LogP contribution in [0.3, 0.4) is 0 Å². The summed E-state index contributed by atoms with van der Waals surface area (Å²) in [5.74, 6) is -1.40. The van der Waals surface area contributed by atoms with Gasteiger partial charge in [0.1, 0.15) is 23.7 Å². The van der Waals surface area contributed by atoms with Crippen molar-refractivity contribution in [3.05, 3.63) is 24.3 Å². The lowest BCUT2D eigenvalue weighted by Gasteiger charge is -2.38. The largest absolute Gasteiger partial charge is 0.479 e. The maximum atomic E-state index is 11.1. The van der Waals surface area contributed by atoms with Gasteiger partial charge in [0.2, 0.25) is 0 Å². The van der Waals surface area contributed by atoms with Crippen LogP contribution in [-0.4, -0.2) is 61.2 Å². The van der Waals surface area contributed by atoms with Crippen molar-refractivity contribution in [2.75, 3.05) is 0 Å². The minimum absolute atomic E-state index is 0.581. The van der Waals surface area contributed by atoms with Crippen LogP contribution in [0.2, 0.25) is 0 Å². The Hall–Kier alpha value is -1.23. The smallest absolute Gasteiger partial charge is 0.335 e. The summed E-state index contributed by atoms with van der Waals surface area (Å²) in [5.41, 5.74) is -0.240. The number of rotatable bonds is 3. The zero-order valence-corrected chi connectivity index (χ0v) is 12.7. The molecule has 1 fully saturated rings. The van der Waals surface area contributed by atoms with Crippen molar-refractivity contribution >= 4 is 39.3 Å². The van der Waals surface area contributed by atoms with Crippen molar-refractivity contribution in [3.63, 3.8) is 0 Å². The summed E-state index contributed by atoms with van der Waals surface area (Å²) in [6.07, 6.45) is -6.28. The van der Waals surface area contributed by atoms with Gasteiger partial charge in [-0.2, -0.15) is 0 Å². The van der Waals surface area contributed by atoms with Gasteiger partial charge in [0.05, 0.1) is 10.2 Å². The lowest BCUT2D eigenvalue weighted by atomic mass is 10.0. The first-order chi connectivity index (χ1) is 10.5. The van der Waals surface area contributed by atoms with Crippen LogP contribution in [0.5, 0.6) is 0 Å². The van der Waals surface area contributed by atoms with Crippen LogP contribution in [0, 0.1) is 0 Å². The van der Waals surface area contributed by atoms with Gasteiger partial charge in [-0.3, -0.25) is 0 Å². The standard InChI is InChI=1S/C13H13NO6S2/c15-7-8(16)10(11(18)19)20-12(9(7)17)22-13-14-5-3-1-2-4-6(5)21-13/h1-4,7-10,12,15-17H,(H,18,19)/t7-,8-,9+,10-,12?/m0/s1. The Labute approximate surface area is 133 Å². The minimum atomic E-state index is -1.68. The average molecular weight is 343 g/mol. The highest BCUT2D eigenvalue weighted by Gasteiger charge is 2.47. The number of carboxylic acids is 1. The minimum Gasteiger partial charge on any atom is -0.479 e. The number of carboxylic acid groups (broad SMARTS) is 1. The van der Waals surface area contributed by atoms with Crippen LogP contribution < -0.4 is 0 Å². The van der Waals surface area contributed by atoms with E-state index in [0.717, 1.165) is 22.0 Å². The molecule has 1 aromatic heterocycles. The van der Waals surface area contributed by atoms with Crippen LogP contribution in [0.1, 0.15) is 0 Å². The molecule has 1 unspecified atom stereocenters. The number of nitrogens with zero attached hydrogens (tertiary/aromatic N) is 1. The van der Waals surface area contributed by atoms with Gasteiger partial charge in [-0.15, -0.1) is 11.3 Å².